The van der Waals surface area contributed by atoms with Crippen molar-refractivity contribution in [2.24, 2.45) is 0 Å². The van der Waals surface area contributed by atoms with Crippen LogP contribution in [0, 0.1) is 6.92 Å². The van der Waals surface area contributed by atoms with Gasteiger partial charge in [0.05, 0.1) is 37.1 Å². The Hall–Kier alpha value is -1.02. The van der Waals surface area contributed by atoms with E-state index in [-0.39, 0.29) is 19.1 Å². The molecular weight excluding hydrogens is 290 g/mol. The first-order valence-electron chi connectivity index (χ1n) is 7.14. The molecule has 0 radical (unpaired) electrons. The van der Waals surface area contributed by atoms with Crippen molar-refractivity contribution in [3.8, 4) is 0 Å². The highest BCUT2D eigenvalue weighted by Gasteiger charge is 2.09. The van der Waals surface area contributed by atoms with E-state index >= 15 is 0 Å². The Balaban J connectivity index is 2.05. The molecule has 7 heteroatoms. The minimum Gasteiger partial charge on any atom is -0.389 e. The normalized spacial score (nSPS) is 12.4. The number of ether oxygens (including phenoxy) is 1. The minimum atomic E-state index is -0.604. The van der Waals surface area contributed by atoms with Gasteiger partial charge >= 0.3 is 0 Å². The molecule has 0 fully saturated rings. The lowest BCUT2D eigenvalue weighted by molar-refractivity contribution is -0.128. The standard InChI is InChI=1S/C14H25N3O3S/c1-4-17(3)14(19)8-15-7-12(18)9-20-6-5-13-11(2)16-10-21-13/h10,12,15,18H,4-9H2,1-3H3. The molecule has 0 saturated carbocycles. The van der Waals surface area contributed by atoms with E-state index in [0.29, 0.717) is 19.7 Å². The number of carbonyl (C=O) groups is 1. The van der Waals surface area contributed by atoms with Gasteiger partial charge in [-0.15, -0.1) is 11.3 Å². The number of nitrogens with zero attached hydrogens (tertiary/aromatic N) is 2. The van der Waals surface area contributed by atoms with Crippen LogP contribution in [0.3, 0.4) is 0 Å². The predicted molar refractivity (Wildman–Crippen MR) is 83.6 cm³/mol. The van der Waals surface area contributed by atoms with Gasteiger partial charge in [-0.2, -0.15) is 0 Å². The fourth-order valence-corrected chi connectivity index (χ4v) is 2.43. The van der Waals surface area contributed by atoms with Crippen molar-refractivity contribution in [1.29, 1.82) is 0 Å². The first kappa shape index (κ1) is 18.0. The molecule has 0 bridgehead atoms. The molecule has 1 amide bonds. The number of rotatable bonds is 10. The van der Waals surface area contributed by atoms with Crippen molar-refractivity contribution in [2.45, 2.75) is 26.4 Å². The summed E-state index contributed by atoms with van der Waals surface area (Å²) in [4.78, 5) is 18.6. The van der Waals surface area contributed by atoms with Gasteiger partial charge in [-0.25, -0.2) is 4.98 Å². The molecule has 1 aromatic heterocycles. The Kier molecular flexibility index (Phi) is 8.44. The molecule has 0 spiro atoms. The van der Waals surface area contributed by atoms with E-state index in [9.17, 15) is 9.90 Å². The highest BCUT2D eigenvalue weighted by atomic mass is 32.1. The summed E-state index contributed by atoms with van der Waals surface area (Å²) in [7, 11) is 1.75. The first-order valence-corrected chi connectivity index (χ1v) is 8.02. The van der Waals surface area contributed by atoms with Crippen molar-refractivity contribution in [2.75, 3.05) is 39.9 Å². The lowest BCUT2D eigenvalue weighted by Gasteiger charge is -2.16. The third kappa shape index (κ3) is 6.99. The molecule has 21 heavy (non-hydrogen) atoms. The largest absolute Gasteiger partial charge is 0.389 e. The van der Waals surface area contributed by atoms with Crippen molar-refractivity contribution < 1.29 is 14.6 Å². The number of aryl methyl sites for hydroxylation is 1. The molecule has 1 unspecified atom stereocenters. The fraction of sp³-hybridized carbons (Fsp3) is 0.714. The highest BCUT2D eigenvalue weighted by molar-refractivity contribution is 7.09. The number of amides is 1. The summed E-state index contributed by atoms with van der Waals surface area (Å²) < 4.78 is 5.44. The smallest absolute Gasteiger partial charge is 0.236 e. The predicted octanol–water partition coefficient (Wildman–Crippen LogP) is 0.439. The average molecular weight is 315 g/mol. The van der Waals surface area contributed by atoms with Gasteiger partial charge in [-0.3, -0.25) is 4.79 Å². The number of hydrogen-bond donors (Lipinski definition) is 2. The topological polar surface area (TPSA) is 74.7 Å². The maximum Gasteiger partial charge on any atom is 0.236 e. The third-order valence-electron chi connectivity index (χ3n) is 3.18. The number of thiazole rings is 1. The van der Waals surface area contributed by atoms with Crippen LogP contribution in [0.1, 0.15) is 17.5 Å². The van der Waals surface area contributed by atoms with Gasteiger partial charge in [0.2, 0.25) is 5.91 Å². The number of carbonyl (C=O) groups excluding carboxylic acids is 1. The zero-order chi connectivity index (χ0) is 15.7. The number of aromatic nitrogens is 1. The number of hydrogen-bond acceptors (Lipinski definition) is 6. The Bertz CT molecular complexity index is 425. The first-order chi connectivity index (χ1) is 10.0. The minimum absolute atomic E-state index is 0.0197. The molecule has 0 saturated heterocycles. The van der Waals surface area contributed by atoms with Gasteiger partial charge in [0.25, 0.3) is 0 Å². The maximum absolute atomic E-state index is 11.5. The third-order valence-corrected chi connectivity index (χ3v) is 4.18. The Labute approximate surface area is 130 Å². The molecule has 0 aliphatic carbocycles. The monoisotopic (exact) mass is 315 g/mol. The second kappa shape index (κ2) is 9.83. The molecule has 0 aliphatic heterocycles. The van der Waals surface area contributed by atoms with Gasteiger partial charge < -0.3 is 20.1 Å². The van der Waals surface area contributed by atoms with E-state index in [2.05, 4.69) is 10.3 Å². The van der Waals surface area contributed by atoms with Gasteiger partial charge in [-0.05, 0) is 13.8 Å². The van der Waals surface area contributed by atoms with Gasteiger partial charge in [0.15, 0.2) is 0 Å². The highest BCUT2D eigenvalue weighted by Crippen LogP contribution is 2.12. The van der Waals surface area contributed by atoms with Crippen LogP contribution >= 0.6 is 11.3 Å². The zero-order valence-corrected chi connectivity index (χ0v) is 13.8. The van der Waals surface area contributed by atoms with Crippen LogP contribution in [0.4, 0.5) is 0 Å². The maximum atomic E-state index is 11.5. The van der Waals surface area contributed by atoms with Crippen LogP contribution in [0.5, 0.6) is 0 Å². The molecule has 0 aliphatic rings. The molecule has 6 nitrogen and oxygen atoms in total. The van der Waals surface area contributed by atoms with E-state index in [4.69, 9.17) is 4.74 Å². The van der Waals surface area contributed by atoms with Crippen molar-refractivity contribution >= 4 is 17.2 Å². The number of aliphatic hydroxyl groups is 1. The molecule has 1 aromatic rings. The lowest BCUT2D eigenvalue weighted by Crippen LogP contribution is -2.39. The number of nitrogens with one attached hydrogen (secondary N) is 1. The van der Waals surface area contributed by atoms with Gasteiger partial charge in [0, 0.05) is 31.4 Å². The SMILES string of the molecule is CCN(C)C(=O)CNCC(O)COCCc1scnc1C. The van der Waals surface area contributed by atoms with E-state index in [0.717, 1.165) is 12.1 Å². The van der Waals surface area contributed by atoms with Gasteiger partial charge in [-0.1, -0.05) is 0 Å². The van der Waals surface area contributed by atoms with Crippen LogP contribution < -0.4 is 5.32 Å². The summed E-state index contributed by atoms with van der Waals surface area (Å²) in [5, 5.41) is 12.7. The Morgan fingerprint density at radius 3 is 3.00 bits per heavy atom. The number of likely N-dealkylation sites (N-methyl/N-ethyl adjacent to an activating group) is 1. The molecule has 1 heterocycles. The van der Waals surface area contributed by atoms with Crippen molar-refractivity contribution in [1.82, 2.24) is 15.2 Å². The van der Waals surface area contributed by atoms with Crippen LogP contribution in [0.25, 0.3) is 0 Å². The van der Waals surface area contributed by atoms with Crippen LogP contribution in [0.2, 0.25) is 0 Å². The van der Waals surface area contributed by atoms with Crippen molar-refractivity contribution in [3.63, 3.8) is 0 Å². The molecule has 1 rings (SSSR count). The summed E-state index contributed by atoms with van der Waals surface area (Å²) in [6, 6.07) is 0. The molecular formula is C14H25N3O3S. The lowest BCUT2D eigenvalue weighted by atomic mass is 10.3. The molecule has 2 N–H and O–H groups in total. The second-order valence-electron chi connectivity index (χ2n) is 4.88. The van der Waals surface area contributed by atoms with Crippen LogP contribution in [0.15, 0.2) is 5.51 Å². The Morgan fingerprint density at radius 2 is 2.38 bits per heavy atom. The molecule has 0 aromatic carbocycles. The Morgan fingerprint density at radius 1 is 1.62 bits per heavy atom. The quantitative estimate of drug-likeness (QED) is 0.613. The second-order valence-corrected chi connectivity index (χ2v) is 5.82. The van der Waals surface area contributed by atoms with Crippen molar-refractivity contribution in [3.05, 3.63) is 16.1 Å². The molecule has 120 valence electrons. The summed E-state index contributed by atoms with van der Waals surface area (Å²) in [5.74, 6) is 0.0197. The summed E-state index contributed by atoms with van der Waals surface area (Å²) in [5.41, 5.74) is 2.87. The molecule has 1 atom stereocenters. The van der Waals surface area contributed by atoms with E-state index in [1.54, 1.807) is 23.3 Å². The van der Waals surface area contributed by atoms with Crippen LogP contribution in [-0.2, 0) is 16.0 Å². The average Bonchev–Trinajstić information content (AvgIpc) is 2.88. The summed E-state index contributed by atoms with van der Waals surface area (Å²) in [6.07, 6.45) is 0.212. The summed E-state index contributed by atoms with van der Waals surface area (Å²) >= 11 is 1.62. The number of aliphatic hydroxyl groups excluding tert-OH is 1. The fourth-order valence-electron chi connectivity index (χ4n) is 1.67. The zero-order valence-electron chi connectivity index (χ0n) is 13.0. The van der Waals surface area contributed by atoms with E-state index in [1.165, 1.54) is 4.88 Å². The summed E-state index contributed by atoms with van der Waals surface area (Å²) in [6.45, 7) is 6.01. The van der Waals surface area contributed by atoms with E-state index in [1.807, 2.05) is 19.4 Å². The van der Waals surface area contributed by atoms with Gasteiger partial charge in [0.1, 0.15) is 0 Å². The van der Waals surface area contributed by atoms with Crippen LogP contribution in [-0.4, -0.2) is 66.9 Å². The van der Waals surface area contributed by atoms with E-state index < -0.39 is 6.10 Å².